The van der Waals surface area contributed by atoms with Crippen LogP contribution in [-0.4, -0.2) is 37.2 Å². The maximum Gasteiger partial charge on any atom is 0.123 e. The van der Waals surface area contributed by atoms with Crippen molar-refractivity contribution in [3.8, 4) is 5.75 Å². The molecule has 1 atom stereocenters. The molecule has 19 heavy (non-hydrogen) atoms. The molecule has 1 aliphatic rings. The Morgan fingerprint density at radius 2 is 2.16 bits per heavy atom. The molecule has 0 amide bonds. The van der Waals surface area contributed by atoms with Crippen LogP contribution in [0.5, 0.6) is 5.75 Å². The zero-order valence-electron chi connectivity index (χ0n) is 12.2. The molecule has 2 rings (SSSR count). The number of hydrogen-bond donors (Lipinski definition) is 1. The van der Waals surface area contributed by atoms with Crippen LogP contribution in [0.25, 0.3) is 0 Å². The molecule has 0 radical (unpaired) electrons. The van der Waals surface area contributed by atoms with Gasteiger partial charge in [-0.1, -0.05) is 25.1 Å². The number of nitrogens with zero attached hydrogens (tertiary/aromatic N) is 1. The fourth-order valence-corrected chi connectivity index (χ4v) is 2.70. The molecule has 0 spiro atoms. The van der Waals surface area contributed by atoms with E-state index in [1.807, 2.05) is 13.0 Å². The Kier molecular flexibility index (Phi) is 5.67. The highest BCUT2D eigenvalue weighted by atomic mass is 16.5. The lowest BCUT2D eigenvalue weighted by Gasteiger charge is -2.25. The molecule has 0 saturated carbocycles. The van der Waals surface area contributed by atoms with Crippen molar-refractivity contribution in [2.24, 2.45) is 0 Å². The molecule has 0 aliphatic carbocycles. The number of ether oxygens (including phenoxy) is 1. The van der Waals surface area contributed by atoms with Gasteiger partial charge >= 0.3 is 0 Å². The van der Waals surface area contributed by atoms with E-state index in [0.29, 0.717) is 6.04 Å². The summed E-state index contributed by atoms with van der Waals surface area (Å²) < 4.78 is 5.71. The van der Waals surface area contributed by atoms with Crippen LogP contribution in [0.15, 0.2) is 24.3 Å². The van der Waals surface area contributed by atoms with Crippen LogP contribution in [0.2, 0.25) is 0 Å². The van der Waals surface area contributed by atoms with E-state index in [0.717, 1.165) is 32.0 Å². The van der Waals surface area contributed by atoms with Gasteiger partial charge in [-0.2, -0.15) is 0 Å². The molecule has 1 N–H and O–H groups in total. The van der Waals surface area contributed by atoms with Crippen molar-refractivity contribution in [1.29, 1.82) is 0 Å². The Bertz CT molecular complexity index is 375. The minimum atomic E-state index is 0.666. The summed E-state index contributed by atoms with van der Waals surface area (Å²) in [6.07, 6.45) is 2.63. The number of para-hydroxylation sites is 1. The highest BCUT2D eigenvalue weighted by molar-refractivity contribution is 5.33. The predicted molar refractivity (Wildman–Crippen MR) is 79.6 cm³/mol. The van der Waals surface area contributed by atoms with Crippen LogP contribution in [0.1, 0.15) is 32.3 Å². The van der Waals surface area contributed by atoms with Gasteiger partial charge in [0.05, 0.1) is 6.61 Å². The first-order valence-corrected chi connectivity index (χ1v) is 7.50. The van der Waals surface area contributed by atoms with E-state index in [-0.39, 0.29) is 0 Å². The summed E-state index contributed by atoms with van der Waals surface area (Å²) in [4.78, 5) is 2.50. The van der Waals surface area contributed by atoms with Gasteiger partial charge in [0, 0.05) is 24.7 Å². The van der Waals surface area contributed by atoms with Gasteiger partial charge in [0.25, 0.3) is 0 Å². The van der Waals surface area contributed by atoms with Crippen molar-refractivity contribution in [1.82, 2.24) is 10.2 Å². The van der Waals surface area contributed by atoms with Crippen LogP contribution in [0, 0.1) is 0 Å². The molecular weight excluding hydrogens is 236 g/mol. The van der Waals surface area contributed by atoms with E-state index in [1.54, 1.807) is 0 Å². The van der Waals surface area contributed by atoms with Crippen molar-refractivity contribution in [3.05, 3.63) is 29.8 Å². The Labute approximate surface area is 116 Å². The smallest absolute Gasteiger partial charge is 0.123 e. The van der Waals surface area contributed by atoms with Crippen LogP contribution >= 0.6 is 0 Å². The van der Waals surface area contributed by atoms with Crippen molar-refractivity contribution in [2.45, 2.75) is 39.3 Å². The quantitative estimate of drug-likeness (QED) is 0.817. The summed E-state index contributed by atoms with van der Waals surface area (Å²) in [6.45, 7) is 9.38. The molecule has 1 aliphatic heterocycles. The lowest BCUT2D eigenvalue weighted by Crippen LogP contribution is -2.37. The topological polar surface area (TPSA) is 24.5 Å². The van der Waals surface area contributed by atoms with Crippen LogP contribution < -0.4 is 10.1 Å². The van der Waals surface area contributed by atoms with Crippen LogP contribution in [0.4, 0.5) is 0 Å². The van der Waals surface area contributed by atoms with Crippen LogP contribution in [0.3, 0.4) is 0 Å². The summed E-state index contributed by atoms with van der Waals surface area (Å²) in [5, 5.41) is 3.57. The van der Waals surface area contributed by atoms with Crippen molar-refractivity contribution < 1.29 is 4.74 Å². The monoisotopic (exact) mass is 262 g/mol. The van der Waals surface area contributed by atoms with Gasteiger partial charge in [0.2, 0.25) is 0 Å². The molecule has 1 saturated heterocycles. The third kappa shape index (κ3) is 4.22. The highest BCUT2D eigenvalue weighted by Crippen LogP contribution is 2.20. The van der Waals surface area contributed by atoms with Gasteiger partial charge in [0.1, 0.15) is 5.75 Å². The first kappa shape index (κ1) is 14.4. The highest BCUT2D eigenvalue weighted by Gasteiger charge is 2.17. The normalized spacial score (nSPS) is 19.0. The molecule has 3 nitrogen and oxygen atoms in total. The molecule has 0 bridgehead atoms. The van der Waals surface area contributed by atoms with Crippen molar-refractivity contribution in [2.75, 3.05) is 26.2 Å². The lowest BCUT2D eigenvalue weighted by molar-refractivity contribution is 0.247. The van der Waals surface area contributed by atoms with Gasteiger partial charge in [-0.3, -0.25) is 4.90 Å². The van der Waals surface area contributed by atoms with E-state index in [4.69, 9.17) is 4.74 Å². The van der Waals surface area contributed by atoms with E-state index in [2.05, 4.69) is 35.3 Å². The van der Waals surface area contributed by atoms with E-state index in [1.165, 1.54) is 24.9 Å². The zero-order valence-corrected chi connectivity index (χ0v) is 12.2. The molecule has 106 valence electrons. The summed E-state index contributed by atoms with van der Waals surface area (Å²) in [5.74, 6) is 1.03. The largest absolute Gasteiger partial charge is 0.494 e. The summed E-state index contributed by atoms with van der Waals surface area (Å²) in [6, 6.07) is 9.05. The van der Waals surface area contributed by atoms with Crippen molar-refractivity contribution >= 4 is 0 Å². The Hall–Kier alpha value is -1.06. The van der Waals surface area contributed by atoms with Gasteiger partial charge in [-0.05, 0) is 38.9 Å². The van der Waals surface area contributed by atoms with Crippen LogP contribution in [-0.2, 0) is 6.54 Å². The third-order valence-electron chi connectivity index (χ3n) is 3.75. The minimum absolute atomic E-state index is 0.666. The van der Waals surface area contributed by atoms with Gasteiger partial charge in [-0.25, -0.2) is 0 Å². The second-order valence-corrected chi connectivity index (χ2v) is 5.16. The third-order valence-corrected chi connectivity index (χ3v) is 3.75. The second kappa shape index (κ2) is 7.51. The summed E-state index contributed by atoms with van der Waals surface area (Å²) >= 11 is 0. The van der Waals surface area contributed by atoms with E-state index >= 15 is 0 Å². The maximum atomic E-state index is 5.71. The predicted octanol–water partition coefficient (Wildman–Crippen LogP) is 2.66. The standard InChI is InChI=1S/C16H26N2O/c1-3-18(13-15-9-7-11-17-15)12-14-8-5-6-10-16(14)19-4-2/h5-6,8,10,15,17H,3-4,7,9,11-13H2,1-2H3. The molecular formula is C16H26N2O. The summed E-state index contributed by atoms with van der Waals surface area (Å²) in [7, 11) is 0. The van der Waals surface area contributed by atoms with Crippen molar-refractivity contribution in [3.63, 3.8) is 0 Å². The molecule has 1 aromatic rings. The number of likely N-dealkylation sites (N-methyl/N-ethyl adjacent to an activating group) is 1. The molecule has 3 heteroatoms. The molecule has 1 unspecified atom stereocenters. The first-order valence-electron chi connectivity index (χ1n) is 7.50. The van der Waals surface area contributed by atoms with Gasteiger partial charge in [-0.15, -0.1) is 0 Å². The molecule has 1 fully saturated rings. The SMILES string of the molecule is CCOc1ccccc1CN(CC)CC1CCCN1. The molecule has 1 aromatic carbocycles. The van der Waals surface area contributed by atoms with E-state index < -0.39 is 0 Å². The second-order valence-electron chi connectivity index (χ2n) is 5.16. The summed E-state index contributed by atoms with van der Waals surface area (Å²) in [5.41, 5.74) is 1.30. The molecule has 1 heterocycles. The molecule has 0 aromatic heterocycles. The van der Waals surface area contributed by atoms with E-state index in [9.17, 15) is 0 Å². The average Bonchev–Trinajstić information content (AvgIpc) is 2.93. The number of rotatable bonds is 7. The fourth-order valence-electron chi connectivity index (χ4n) is 2.70. The maximum absolute atomic E-state index is 5.71. The van der Waals surface area contributed by atoms with Gasteiger partial charge < -0.3 is 10.1 Å². The number of nitrogens with one attached hydrogen (secondary N) is 1. The Balaban J connectivity index is 1.96. The minimum Gasteiger partial charge on any atom is -0.494 e. The first-order chi connectivity index (χ1) is 9.33. The average molecular weight is 262 g/mol. The van der Waals surface area contributed by atoms with Gasteiger partial charge in [0.15, 0.2) is 0 Å². The lowest BCUT2D eigenvalue weighted by atomic mass is 10.1. The fraction of sp³-hybridized carbons (Fsp3) is 0.625. The number of hydrogen-bond acceptors (Lipinski definition) is 3. The Morgan fingerprint density at radius 3 is 2.84 bits per heavy atom. The Morgan fingerprint density at radius 1 is 1.32 bits per heavy atom. The zero-order chi connectivity index (χ0) is 13.5. The number of benzene rings is 1.